The summed E-state index contributed by atoms with van der Waals surface area (Å²) in [6.07, 6.45) is 24.8. The molecule has 0 aromatic heterocycles. The van der Waals surface area contributed by atoms with E-state index < -0.39 is 5.60 Å². The van der Waals surface area contributed by atoms with Crippen molar-refractivity contribution in [1.82, 2.24) is 0 Å². The number of cyclic esters (lactones) is 2. The molecule has 0 spiro atoms. The fraction of sp³-hybridized carbons (Fsp3) is 0.771. The summed E-state index contributed by atoms with van der Waals surface area (Å²) in [5.74, 6) is 9.88. The van der Waals surface area contributed by atoms with E-state index in [-0.39, 0.29) is 44.3 Å². The molecule has 0 aromatic carbocycles. The Balaban J connectivity index is 0.000000915. The average molecular weight is 1200 g/mol. The summed E-state index contributed by atoms with van der Waals surface area (Å²) < 4.78 is 50.3. The SMILES string of the molecule is C.C=C1CC(C)CCO1.C=C1CC(C)CO1.C=C1CC(C)O1.C=C1CCC(C)CO1.C=C1CCC(C)O1.C=C1OCC1C.CC1CCCC(=O)O1.CC1CCCC1=O.CC1CCCCC1=O.CCC1(O)CC(=O)OC(C)C1.COC1CCCCO1. The number of esters is 2. The monoisotopic (exact) mass is 1200 g/mol. The van der Waals surface area contributed by atoms with Gasteiger partial charge < -0.3 is 52.5 Å². The number of ether oxygens (including phenoxy) is 10. The van der Waals surface area contributed by atoms with Gasteiger partial charge in [0.2, 0.25) is 0 Å². The molecule has 11 aliphatic rings. The third-order valence-electron chi connectivity index (χ3n) is 15.6. The van der Waals surface area contributed by atoms with E-state index in [1.54, 1.807) is 14.0 Å². The Morgan fingerprint density at radius 3 is 1.27 bits per heavy atom. The predicted octanol–water partition coefficient (Wildman–Crippen LogP) is 16.5. The van der Waals surface area contributed by atoms with Gasteiger partial charge in [-0.15, -0.1) is 0 Å². The predicted molar refractivity (Wildman–Crippen MR) is 341 cm³/mol. The first-order valence-corrected chi connectivity index (χ1v) is 31.9. The van der Waals surface area contributed by atoms with E-state index in [1.807, 2.05) is 34.6 Å². The van der Waals surface area contributed by atoms with Gasteiger partial charge in [-0.05, 0) is 129 Å². The van der Waals surface area contributed by atoms with Gasteiger partial charge >= 0.3 is 11.9 Å². The van der Waals surface area contributed by atoms with Gasteiger partial charge in [0.1, 0.15) is 23.8 Å². The van der Waals surface area contributed by atoms with E-state index in [4.69, 9.17) is 47.4 Å². The molecule has 2 aliphatic carbocycles. The van der Waals surface area contributed by atoms with Gasteiger partial charge in [-0.2, -0.15) is 0 Å². The molecule has 11 rings (SSSR count). The van der Waals surface area contributed by atoms with Crippen molar-refractivity contribution in [2.75, 3.05) is 40.1 Å². The number of aliphatic hydroxyl groups is 1. The maximum absolute atomic E-state index is 10.9. The lowest BCUT2D eigenvalue weighted by molar-refractivity contribution is -0.168. The van der Waals surface area contributed by atoms with Gasteiger partial charge in [0.05, 0.1) is 85.2 Å². The van der Waals surface area contributed by atoms with Crippen molar-refractivity contribution in [2.24, 2.45) is 35.5 Å². The number of rotatable bonds is 2. The topological polar surface area (TPSA) is 181 Å². The number of allylic oxidation sites excluding steroid dienone is 4. The fourth-order valence-corrected chi connectivity index (χ4v) is 9.65. The largest absolute Gasteiger partial charge is 0.499 e. The number of hydrogen-bond acceptors (Lipinski definition) is 15. The minimum atomic E-state index is -0.811. The quantitative estimate of drug-likeness (QED) is 0.258. The molecule has 492 valence electrons. The zero-order valence-electron chi connectivity index (χ0n) is 54.8. The summed E-state index contributed by atoms with van der Waals surface area (Å²) in [4.78, 5) is 42.7. The Morgan fingerprint density at radius 1 is 0.471 bits per heavy atom. The van der Waals surface area contributed by atoms with Crippen LogP contribution in [0.3, 0.4) is 0 Å². The maximum atomic E-state index is 10.9. The Bertz CT molecular complexity index is 1910. The first kappa shape index (κ1) is 80.4. The molecule has 0 amide bonds. The molecule has 9 saturated heterocycles. The van der Waals surface area contributed by atoms with Crippen LogP contribution in [0.2, 0.25) is 0 Å². The summed E-state index contributed by atoms with van der Waals surface area (Å²) in [6, 6.07) is 0. The number of ketones is 2. The number of carbonyl (C=O) groups excluding carboxylic acids is 4. The van der Waals surface area contributed by atoms with E-state index in [2.05, 4.69) is 74.1 Å². The van der Waals surface area contributed by atoms with Gasteiger partial charge in [0.25, 0.3) is 0 Å². The lowest BCUT2D eigenvalue weighted by Gasteiger charge is -2.33. The molecule has 2 saturated carbocycles. The van der Waals surface area contributed by atoms with Crippen molar-refractivity contribution in [3.05, 3.63) is 74.0 Å². The molecule has 12 atom stereocenters. The Hall–Kier alpha value is -4.60. The molecule has 1 N–H and O–H groups in total. The summed E-state index contributed by atoms with van der Waals surface area (Å²) in [6.45, 7) is 48.9. The highest BCUT2D eigenvalue weighted by atomic mass is 16.7. The van der Waals surface area contributed by atoms with Crippen LogP contribution in [0.5, 0.6) is 0 Å². The minimum absolute atomic E-state index is 0. The minimum Gasteiger partial charge on any atom is -0.499 e. The van der Waals surface area contributed by atoms with Crippen molar-refractivity contribution < 1.29 is 71.7 Å². The standard InChI is InChI=1S/C8H14O3.3C7H12O.C6H12O2.C6H10O2.3C6H10O.2C5H8O.CH4/c1-3-8(10)4-6(2)11-7(9)5-8;1-6-3-4-8-7(2)5-6;1-6-3-4-7(2)8-5-6;1-6-4-2-3-5-7(6)8;1-7-6-4-2-3-5-8-6;1-5-3-2-4-6(7)8-5;1-5-3-6(2)7-4-5;1-5-3-4-6(2)7-5;1-5-3-2-4-6(5)7;1-4-3-6-5(4)2;1-4-3-5(2)6-4;/h6,10H,3-5H2,1-2H3;4*6H,2-5H2,1H3;5H,2-4H2,1H3;5H,2-4H2,1H3;6H,1,3-4H2,2H3;5H,2-4H2,1H3;4H,2-3H2,1H3;5H,1,3H2,2H3;1H4. The molecule has 0 bridgehead atoms. The highest BCUT2D eigenvalue weighted by Crippen LogP contribution is 2.29. The molecule has 11 fully saturated rings. The van der Waals surface area contributed by atoms with Crippen LogP contribution in [0.1, 0.15) is 238 Å². The van der Waals surface area contributed by atoms with Crippen LogP contribution in [-0.2, 0) is 66.5 Å². The second-order valence-electron chi connectivity index (χ2n) is 24.8. The Labute approximate surface area is 516 Å². The van der Waals surface area contributed by atoms with Crippen molar-refractivity contribution >= 4 is 23.5 Å². The molecule has 85 heavy (non-hydrogen) atoms. The van der Waals surface area contributed by atoms with E-state index in [1.165, 1.54) is 32.1 Å². The normalized spacial score (nSPS) is 31.1. The van der Waals surface area contributed by atoms with E-state index in [0.29, 0.717) is 66.7 Å². The first-order chi connectivity index (χ1) is 39.6. The van der Waals surface area contributed by atoms with Gasteiger partial charge in [0.15, 0.2) is 6.29 Å². The molecule has 0 radical (unpaired) electrons. The van der Waals surface area contributed by atoms with Crippen molar-refractivity contribution in [3.63, 3.8) is 0 Å². The molecular formula is C70H122O15. The summed E-state index contributed by atoms with van der Waals surface area (Å²) in [7, 11) is 1.69. The van der Waals surface area contributed by atoms with Crippen LogP contribution >= 0.6 is 0 Å². The first-order valence-electron chi connectivity index (χ1n) is 31.9. The van der Waals surface area contributed by atoms with Gasteiger partial charge in [-0.25, -0.2) is 0 Å². The smallest absolute Gasteiger partial charge is 0.308 e. The van der Waals surface area contributed by atoms with Crippen LogP contribution in [0, 0.1) is 35.5 Å². The third kappa shape index (κ3) is 40.5. The molecular weight excluding hydrogens is 1080 g/mol. The number of methoxy groups -OCH3 is 1. The maximum Gasteiger partial charge on any atom is 0.308 e. The molecule has 9 aliphatic heterocycles. The molecule has 15 nitrogen and oxygen atoms in total. The van der Waals surface area contributed by atoms with Crippen molar-refractivity contribution in [3.8, 4) is 0 Å². The molecule has 12 unspecified atom stereocenters. The summed E-state index contributed by atoms with van der Waals surface area (Å²) in [5.41, 5.74) is -0.811. The third-order valence-corrected chi connectivity index (χ3v) is 15.6. The van der Waals surface area contributed by atoms with E-state index in [0.717, 1.165) is 176 Å². The number of Topliss-reactive ketones (excluding diaryl/α,β-unsaturated/α-hetero) is 2. The van der Waals surface area contributed by atoms with Crippen molar-refractivity contribution in [1.29, 1.82) is 0 Å². The highest BCUT2D eigenvalue weighted by Gasteiger charge is 2.36. The van der Waals surface area contributed by atoms with Crippen LogP contribution in [0.4, 0.5) is 0 Å². The average Bonchev–Trinajstić information content (AvgIpc) is 4.37. The van der Waals surface area contributed by atoms with Gasteiger partial charge in [-0.1, -0.05) is 102 Å². The molecule has 0 aromatic rings. The van der Waals surface area contributed by atoms with Gasteiger partial charge in [0, 0.05) is 89.3 Å². The second-order valence-corrected chi connectivity index (χ2v) is 24.8. The number of carbonyl (C=O) groups is 4. The lowest BCUT2D eigenvalue weighted by Crippen LogP contribution is -2.41. The summed E-state index contributed by atoms with van der Waals surface area (Å²) >= 11 is 0. The van der Waals surface area contributed by atoms with Crippen LogP contribution in [-0.4, -0.2) is 105 Å². The van der Waals surface area contributed by atoms with Crippen molar-refractivity contribution in [2.45, 2.75) is 274 Å². The van der Waals surface area contributed by atoms with E-state index >= 15 is 0 Å². The van der Waals surface area contributed by atoms with E-state index in [9.17, 15) is 24.3 Å². The Morgan fingerprint density at radius 2 is 1.00 bits per heavy atom. The van der Waals surface area contributed by atoms with Crippen LogP contribution < -0.4 is 0 Å². The highest BCUT2D eigenvalue weighted by molar-refractivity contribution is 5.82. The zero-order chi connectivity index (χ0) is 63.2. The fourth-order valence-electron chi connectivity index (χ4n) is 9.65. The van der Waals surface area contributed by atoms with Crippen LogP contribution in [0.15, 0.2) is 74.0 Å². The summed E-state index contributed by atoms with van der Waals surface area (Å²) in [5, 5.41) is 9.72. The Kier molecular flexibility index (Phi) is 43.2. The molecule has 9 heterocycles. The van der Waals surface area contributed by atoms with Gasteiger partial charge in [-0.3, -0.25) is 19.2 Å². The zero-order valence-corrected chi connectivity index (χ0v) is 54.8. The lowest BCUT2D eigenvalue weighted by atomic mass is 9.88. The second kappa shape index (κ2) is 45.6. The number of hydrogen-bond donors (Lipinski definition) is 1. The van der Waals surface area contributed by atoms with Crippen LogP contribution in [0.25, 0.3) is 0 Å². The molecule has 15 heteroatoms.